The highest BCUT2D eigenvalue weighted by Gasteiger charge is 2.61. The van der Waals surface area contributed by atoms with Gasteiger partial charge in [0.05, 0.1) is 6.33 Å². The number of hydrogen-bond donors (Lipinski definition) is 4. The molecule has 0 saturated carbocycles. The first-order chi connectivity index (χ1) is 14.5. The lowest BCUT2D eigenvalue weighted by Gasteiger charge is -2.23. The first-order valence-corrected chi connectivity index (χ1v) is 10.6. The molecule has 2 aromatic heterocycles. The molecule has 0 bridgehead atoms. The lowest BCUT2D eigenvalue weighted by molar-refractivity contribution is -0.152. The highest BCUT2D eigenvalue weighted by molar-refractivity contribution is 14.1. The smallest absolute Gasteiger partial charge is 0.255 e. The molecule has 11 heteroatoms. The van der Waals surface area contributed by atoms with Crippen LogP contribution in [-0.4, -0.2) is 60.0 Å². The van der Waals surface area contributed by atoms with Gasteiger partial charge in [0, 0.05) is 23.1 Å². The Morgan fingerprint density at radius 1 is 1.33 bits per heavy atom. The molecule has 4 heterocycles. The van der Waals surface area contributed by atoms with Crippen LogP contribution in [-0.2, 0) is 16.1 Å². The number of anilines is 1. The van der Waals surface area contributed by atoms with Crippen molar-refractivity contribution < 1.29 is 19.7 Å². The number of carbonyl (C=O) groups is 1. The molecule has 3 aromatic rings. The van der Waals surface area contributed by atoms with Crippen molar-refractivity contribution in [1.29, 1.82) is 0 Å². The Balaban J connectivity index is 1.44. The molecule has 2 aliphatic rings. The maximum absolute atomic E-state index is 12.3. The molecule has 30 heavy (non-hydrogen) atoms. The van der Waals surface area contributed by atoms with Crippen molar-refractivity contribution in [3.05, 3.63) is 46.1 Å². The average molecular weight is 522 g/mol. The number of rotatable bonds is 4. The number of imidazole rings is 1. The molecule has 0 aliphatic carbocycles. The van der Waals surface area contributed by atoms with Crippen molar-refractivity contribution in [2.75, 3.05) is 11.9 Å². The van der Waals surface area contributed by atoms with Crippen molar-refractivity contribution in [3.63, 3.8) is 0 Å². The fraction of sp³-hybridized carbons (Fsp3) is 0.368. The van der Waals surface area contributed by atoms with E-state index in [9.17, 15) is 15.0 Å². The Labute approximate surface area is 184 Å². The van der Waals surface area contributed by atoms with Gasteiger partial charge in [-0.3, -0.25) is 9.36 Å². The second kappa shape index (κ2) is 7.41. The minimum atomic E-state index is -1.46. The van der Waals surface area contributed by atoms with Gasteiger partial charge in [0.25, 0.3) is 5.91 Å². The van der Waals surface area contributed by atoms with E-state index in [1.54, 1.807) is 0 Å². The lowest BCUT2D eigenvalue weighted by Crippen LogP contribution is -2.48. The van der Waals surface area contributed by atoms with Crippen molar-refractivity contribution in [3.8, 4) is 0 Å². The van der Waals surface area contributed by atoms with Crippen LogP contribution in [0.15, 0.2) is 36.9 Å². The van der Waals surface area contributed by atoms with Crippen LogP contribution in [0.25, 0.3) is 11.2 Å². The van der Waals surface area contributed by atoms with Crippen LogP contribution in [0.5, 0.6) is 0 Å². The van der Waals surface area contributed by atoms with Crippen LogP contribution in [0.3, 0.4) is 0 Å². The normalized spacial score (nSPS) is 28.4. The maximum atomic E-state index is 12.3. The monoisotopic (exact) mass is 522 g/mol. The van der Waals surface area contributed by atoms with E-state index < -0.39 is 29.9 Å². The molecule has 4 atom stereocenters. The summed E-state index contributed by atoms with van der Waals surface area (Å²) in [7, 11) is 0. The van der Waals surface area contributed by atoms with E-state index in [-0.39, 0.29) is 6.42 Å². The van der Waals surface area contributed by atoms with E-state index in [1.807, 2.05) is 18.2 Å². The number of benzene rings is 1. The van der Waals surface area contributed by atoms with Crippen LogP contribution in [0.1, 0.15) is 18.2 Å². The first kappa shape index (κ1) is 19.6. The number of hydrogen-bond acceptors (Lipinski definition) is 8. The summed E-state index contributed by atoms with van der Waals surface area (Å²) in [5.74, 6) is 0.120. The van der Waals surface area contributed by atoms with Crippen LogP contribution in [0, 0.1) is 3.57 Å². The molecule has 2 aliphatic heterocycles. The number of aromatic nitrogens is 4. The van der Waals surface area contributed by atoms with Gasteiger partial charge in [-0.15, -0.1) is 0 Å². The van der Waals surface area contributed by atoms with Crippen LogP contribution >= 0.6 is 22.6 Å². The van der Waals surface area contributed by atoms with E-state index in [4.69, 9.17) is 4.74 Å². The van der Waals surface area contributed by atoms with Crippen LogP contribution in [0.4, 0.5) is 5.82 Å². The predicted octanol–water partition coefficient (Wildman–Crippen LogP) is 0.552. The van der Waals surface area contributed by atoms with Gasteiger partial charge >= 0.3 is 0 Å². The molecule has 10 nitrogen and oxygen atoms in total. The second-order valence-corrected chi connectivity index (χ2v) is 8.61. The van der Waals surface area contributed by atoms with Gasteiger partial charge < -0.3 is 25.6 Å². The van der Waals surface area contributed by atoms with E-state index >= 15 is 0 Å². The summed E-state index contributed by atoms with van der Waals surface area (Å²) in [5, 5.41) is 27.1. The van der Waals surface area contributed by atoms with Gasteiger partial charge in [0.1, 0.15) is 18.5 Å². The Morgan fingerprint density at radius 2 is 2.20 bits per heavy atom. The first-order valence-electron chi connectivity index (χ1n) is 9.48. The molecule has 2 fully saturated rings. The molecule has 0 radical (unpaired) electrons. The molecule has 156 valence electrons. The van der Waals surface area contributed by atoms with E-state index in [0.29, 0.717) is 30.1 Å². The number of halogens is 1. The summed E-state index contributed by atoms with van der Waals surface area (Å²) in [6.45, 7) is 0.940. The molecule has 2 saturated heterocycles. The van der Waals surface area contributed by atoms with Gasteiger partial charge in [-0.2, -0.15) is 0 Å². The minimum absolute atomic E-state index is 0.283. The summed E-state index contributed by atoms with van der Waals surface area (Å²) in [5.41, 5.74) is 0.575. The Kier molecular flexibility index (Phi) is 4.84. The number of fused-ring (bicyclic) bond motifs is 1. The number of aliphatic hydroxyl groups excluding tert-OH is 2. The maximum Gasteiger partial charge on any atom is 0.255 e. The molecular formula is C19H19IN6O4. The zero-order valence-electron chi connectivity index (χ0n) is 15.7. The fourth-order valence-corrected chi connectivity index (χ4v) is 4.64. The summed E-state index contributed by atoms with van der Waals surface area (Å²) < 4.78 is 8.58. The third-order valence-corrected chi connectivity index (χ3v) is 6.24. The predicted molar refractivity (Wildman–Crippen MR) is 114 cm³/mol. The minimum Gasteiger partial charge on any atom is -0.387 e. The number of amides is 1. The van der Waals surface area contributed by atoms with E-state index in [2.05, 4.69) is 54.2 Å². The quantitative estimate of drug-likeness (QED) is 0.365. The average Bonchev–Trinajstić information content (AvgIpc) is 3.40. The lowest BCUT2D eigenvalue weighted by atomic mass is 9.94. The third-order valence-electron chi connectivity index (χ3n) is 5.57. The zero-order chi connectivity index (χ0) is 20.9. The highest BCUT2D eigenvalue weighted by atomic mass is 127. The van der Waals surface area contributed by atoms with Crippen molar-refractivity contribution in [1.82, 2.24) is 24.8 Å². The Bertz CT molecular complexity index is 1120. The van der Waals surface area contributed by atoms with E-state index in [0.717, 1.165) is 9.13 Å². The SMILES string of the molecule is O=C1NCCC12O[C@@H](n1cnc3c(NCc4cccc(I)c4)ncnc31)[C@H](O)[C@@H]2O. The molecule has 5 rings (SSSR count). The fourth-order valence-electron chi connectivity index (χ4n) is 4.03. The Hall–Kier alpha value is -2.35. The number of nitrogens with zero attached hydrogens (tertiary/aromatic N) is 4. The number of ether oxygens (including phenoxy) is 1. The zero-order valence-corrected chi connectivity index (χ0v) is 17.9. The van der Waals surface area contributed by atoms with Crippen molar-refractivity contribution in [2.24, 2.45) is 0 Å². The number of nitrogens with one attached hydrogen (secondary N) is 2. The summed E-state index contributed by atoms with van der Waals surface area (Å²) in [6.07, 6.45) is -0.487. The third kappa shape index (κ3) is 3.04. The van der Waals surface area contributed by atoms with Gasteiger partial charge in [-0.25, -0.2) is 15.0 Å². The molecule has 1 unspecified atom stereocenters. The topological polar surface area (TPSA) is 134 Å². The van der Waals surface area contributed by atoms with Crippen molar-refractivity contribution >= 4 is 45.5 Å². The summed E-state index contributed by atoms with van der Waals surface area (Å²) >= 11 is 2.26. The molecule has 4 N–H and O–H groups in total. The van der Waals surface area contributed by atoms with E-state index in [1.165, 1.54) is 17.2 Å². The standard InChI is InChI=1S/C19H19IN6O4/c20-11-3-1-2-10(6-11)7-22-15-12-16(24-8-23-15)26(9-25-12)17-13(27)14(28)19(30-17)4-5-21-18(19)29/h1-3,6,8-9,13-14,17,27-28H,4-5,7H2,(H,21,29)(H,22,23,24)/t13-,14+,17-,19?/m1/s1. The Morgan fingerprint density at radius 3 is 2.97 bits per heavy atom. The van der Waals surface area contributed by atoms with Gasteiger partial charge in [-0.1, -0.05) is 12.1 Å². The largest absolute Gasteiger partial charge is 0.387 e. The van der Waals surface area contributed by atoms with Crippen LogP contribution < -0.4 is 10.6 Å². The number of carbonyl (C=O) groups excluding carboxylic acids is 1. The van der Waals surface area contributed by atoms with Crippen molar-refractivity contribution in [2.45, 2.75) is 37.0 Å². The molecule has 1 aromatic carbocycles. The molecular weight excluding hydrogens is 503 g/mol. The van der Waals surface area contributed by atoms with Crippen LogP contribution in [0.2, 0.25) is 0 Å². The number of aliphatic hydroxyl groups is 2. The summed E-state index contributed by atoms with van der Waals surface area (Å²) in [4.78, 5) is 25.2. The summed E-state index contributed by atoms with van der Waals surface area (Å²) in [6, 6.07) is 8.10. The van der Waals surface area contributed by atoms with Gasteiger partial charge in [0.2, 0.25) is 0 Å². The molecule has 1 amide bonds. The van der Waals surface area contributed by atoms with Gasteiger partial charge in [0.15, 0.2) is 28.8 Å². The van der Waals surface area contributed by atoms with Gasteiger partial charge in [-0.05, 0) is 40.3 Å². The highest BCUT2D eigenvalue weighted by Crippen LogP contribution is 2.42. The second-order valence-electron chi connectivity index (χ2n) is 7.37. The molecule has 1 spiro atoms.